The van der Waals surface area contributed by atoms with E-state index >= 15 is 0 Å². The first-order valence-corrected chi connectivity index (χ1v) is 4.78. The van der Waals surface area contributed by atoms with Crippen molar-refractivity contribution in [1.82, 2.24) is 5.43 Å². The quantitative estimate of drug-likeness (QED) is 0.519. The maximum absolute atomic E-state index is 10.6. The highest BCUT2D eigenvalue weighted by molar-refractivity contribution is 5.87. The lowest BCUT2D eigenvalue weighted by atomic mass is 10.0. The Kier molecular flexibility index (Phi) is 4.02. The summed E-state index contributed by atoms with van der Waals surface area (Å²) in [6.07, 6.45) is 1.31. The van der Waals surface area contributed by atoms with E-state index in [0.717, 1.165) is 0 Å². The van der Waals surface area contributed by atoms with Crippen molar-refractivity contribution in [2.24, 2.45) is 5.10 Å². The number of phenolic OH excluding ortho intramolecular Hbond substituents is 1. The van der Waals surface area contributed by atoms with Gasteiger partial charge in [0, 0.05) is 12.5 Å². The summed E-state index contributed by atoms with van der Waals surface area (Å²) in [6.45, 7) is 2.88. The van der Waals surface area contributed by atoms with E-state index in [1.54, 1.807) is 19.1 Å². The third-order valence-corrected chi connectivity index (χ3v) is 2.10. The Morgan fingerprint density at radius 2 is 2.25 bits per heavy atom. The van der Waals surface area contributed by atoms with Crippen LogP contribution in [0.3, 0.4) is 0 Å². The van der Waals surface area contributed by atoms with Gasteiger partial charge in [0.1, 0.15) is 5.75 Å². The Morgan fingerprint density at radius 3 is 2.81 bits per heavy atom. The molecule has 0 aliphatic carbocycles. The lowest BCUT2D eigenvalue weighted by Gasteiger charge is -2.07. The van der Waals surface area contributed by atoms with Gasteiger partial charge in [0.2, 0.25) is 5.91 Å². The van der Waals surface area contributed by atoms with Crippen LogP contribution in [0, 0.1) is 6.92 Å². The Balaban J connectivity index is 3.05. The standard InChI is InChI=1S/C11H14N2O3/c1-7-3-4-9(6-14)10(11(7)16)5-12-13-8(2)15/h3-5,14,16H,6H2,1-2H3,(H,13,15)/b12-5+. The van der Waals surface area contributed by atoms with Crippen LogP contribution in [0.4, 0.5) is 0 Å². The predicted molar refractivity (Wildman–Crippen MR) is 60.2 cm³/mol. The van der Waals surface area contributed by atoms with Crippen LogP contribution in [0.1, 0.15) is 23.6 Å². The second-order valence-electron chi connectivity index (χ2n) is 3.39. The van der Waals surface area contributed by atoms with Gasteiger partial charge in [-0.1, -0.05) is 12.1 Å². The van der Waals surface area contributed by atoms with E-state index in [1.165, 1.54) is 13.1 Å². The number of aliphatic hydroxyl groups excluding tert-OH is 1. The van der Waals surface area contributed by atoms with Crippen LogP contribution in [0.15, 0.2) is 17.2 Å². The average Bonchev–Trinajstić information content (AvgIpc) is 2.24. The summed E-state index contributed by atoms with van der Waals surface area (Å²) in [5, 5.41) is 22.5. The van der Waals surface area contributed by atoms with Gasteiger partial charge in [-0.25, -0.2) is 5.43 Å². The Labute approximate surface area is 93.4 Å². The van der Waals surface area contributed by atoms with E-state index in [4.69, 9.17) is 5.11 Å². The molecule has 1 rings (SSSR count). The molecule has 1 aromatic rings. The molecule has 0 aliphatic heterocycles. The van der Waals surface area contributed by atoms with Gasteiger partial charge in [-0.15, -0.1) is 0 Å². The SMILES string of the molecule is CC(=O)N/N=C/c1c(CO)ccc(C)c1O. The zero-order valence-electron chi connectivity index (χ0n) is 9.19. The van der Waals surface area contributed by atoms with Crippen molar-refractivity contribution in [2.75, 3.05) is 0 Å². The number of rotatable bonds is 3. The number of phenols is 1. The van der Waals surface area contributed by atoms with E-state index < -0.39 is 0 Å². The molecule has 0 heterocycles. The number of aromatic hydroxyl groups is 1. The number of aliphatic hydroxyl groups is 1. The van der Waals surface area contributed by atoms with E-state index in [1.807, 2.05) is 0 Å². The molecule has 5 heteroatoms. The largest absolute Gasteiger partial charge is 0.507 e. The van der Waals surface area contributed by atoms with Crippen molar-refractivity contribution in [2.45, 2.75) is 20.5 Å². The third-order valence-electron chi connectivity index (χ3n) is 2.10. The maximum Gasteiger partial charge on any atom is 0.236 e. The molecule has 0 radical (unpaired) electrons. The number of carbonyl (C=O) groups is 1. The van der Waals surface area contributed by atoms with Crippen molar-refractivity contribution in [1.29, 1.82) is 0 Å². The average molecular weight is 222 g/mol. The monoisotopic (exact) mass is 222 g/mol. The van der Waals surface area contributed by atoms with Gasteiger partial charge >= 0.3 is 0 Å². The number of aryl methyl sites for hydroxylation is 1. The molecular formula is C11H14N2O3. The number of carbonyl (C=O) groups excluding carboxylic acids is 1. The van der Waals surface area contributed by atoms with Crippen molar-refractivity contribution >= 4 is 12.1 Å². The smallest absolute Gasteiger partial charge is 0.236 e. The first-order valence-electron chi connectivity index (χ1n) is 4.78. The number of benzene rings is 1. The van der Waals surface area contributed by atoms with Crippen LogP contribution >= 0.6 is 0 Å². The number of nitrogens with zero attached hydrogens (tertiary/aromatic N) is 1. The number of amides is 1. The zero-order chi connectivity index (χ0) is 12.1. The molecule has 3 N–H and O–H groups in total. The molecular weight excluding hydrogens is 208 g/mol. The Hall–Kier alpha value is -1.88. The number of nitrogens with one attached hydrogen (secondary N) is 1. The van der Waals surface area contributed by atoms with Crippen molar-refractivity contribution in [3.63, 3.8) is 0 Å². The third kappa shape index (κ3) is 2.80. The molecule has 16 heavy (non-hydrogen) atoms. The topological polar surface area (TPSA) is 81.9 Å². The van der Waals surface area contributed by atoms with Crippen molar-refractivity contribution < 1.29 is 15.0 Å². The fourth-order valence-electron chi connectivity index (χ4n) is 1.23. The van der Waals surface area contributed by atoms with Crippen LogP contribution < -0.4 is 5.43 Å². The first-order chi connectivity index (χ1) is 7.56. The molecule has 0 bridgehead atoms. The normalized spacial score (nSPS) is 10.7. The molecule has 0 spiro atoms. The molecule has 1 amide bonds. The minimum Gasteiger partial charge on any atom is -0.507 e. The summed E-state index contributed by atoms with van der Waals surface area (Å²) in [6, 6.07) is 3.40. The summed E-state index contributed by atoms with van der Waals surface area (Å²) in [7, 11) is 0. The van der Waals surface area contributed by atoms with Gasteiger partial charge in [-0.2, -0.15) is 5.10 Å². The van der Waals surface area contributed by atoms with Crippen LogP contribution in [0.25, 0.3) is 0 Å². The fraction of sp³-hybridized carbons (Fsp3) is 0.273. The van der Waals surface area contributed by atoms with E-state index in [-0.39, 0.29) is 18.3 Å². The van der Waals surface area contributed by atoms with Gasteiger partial charge in [0.25, 0.3) is 0 Å². The summed E-state index contributed by atoms with van der Waals surface area (Å²) >= 11 is 0. The summed E-state index contributed by atoms with van der Waals surface area (Å²) in [5.74, 6) is -0.241. The summed E-state index contributed by atoms with van der Waals surface area (Å²) in [4.78, 5) is 10.6. The molecule has 5 nitrogen and oxygen atoms in total. The molecule has 0 saturated heterocycles. The van der Waals surface area contributed by atoms with Gasteiger partial charge in [-0.3, -0.25) is 4.79 Å². The second-order valence-corrected chi connectivity index (χ2v) is 3.39. The van der Waals surface area contributed by atoms with E-state index in [2.05, 4.69) is 10.5 Å². The highest BCUT2D eigenvalue weighted by atomic mass is 16.3. The minimum atomic E-state index is -0.297. The summed E-state index contributed by atoms with van der Waals surface area (Å²) < 4.78 is 0. The van der Waals surface area contributed by atoms with Crippen LogP contribution in [-0.2, 0) is 11.4 Å². The van der Waals surface area contributed by atoms with Crippen molar-refractivity contribution in [3.8, 4) is 5.75 Å². The van der Waals surface area contributed by atoms with Crippen LogP contribution in [-0.4, -0.2) is 22.3 Å². The Morgan fingerprint density at radius 1 is 1.56 bits per heavy atom. The molecule has 0 atom stereocenters. The molecule has 0 saturated carbocycles. The van der Waals surface area contributed by atoms with E-state index in [0.29, 0.717) is 16.7 Å². The second kappa shape index (κ2) is 5.27. The molecule has 0 fully saturated rings. The van der Waals surface area contributed by atoms with Gasteiger partial charge in [-0.05, 0) is 18.1 Å². The molecule has 1 aromatic carbocycles. The van der Waals surface area contributed by atoms with Gasteiger partial charge < -0.3 is 10.2 Å². The highest BCUT2D eigenvalue weighted by Crippen LogP contribution is 2.23. The lowest BCUT2D eigenvalue weighted by Crippen LogP contribution is -2.12. The molecule has 0 aromatic heterocycles. The molecule has 86 valence electrons. The molecule has 0 unspecified atom stereocenters. The van der Waals surface area contributed by atoms with Crippen molar-refractivity contribution in [3.05, 3.63) is 28.8 Å². The fourth-order valence-corrected chi connectivity index (χ4v) is 1.23. The van der Waals surface area contributed by atoms with Gasteiger partial charge in [0.05, 0.1) is 12.8 Å². The number of hydrogen-bond donors (Lipinski definition) is 3. The first kappa shape index (κ1) is 12.2. The lowest BCUT2D eigenvalue weighted by molar-refractivity contribution is -0.118. The van der Waals surface area contributed by atoms with Gasteiger partial charge in [0.15, 0.2) is 0 Å². The number of hydrazone groups is 1. The predicted octanol–water partition coefficient (Wildman–Crippen LogP) is 0.663. The minimum absolute atomic E-state index is 0.0562. The van der Waals surface area contributed by atoms with Crippen LogP contribution in [0.2, 0.25) is 0 Å². The van der Waals surface area contributed by atoms with Crippen LogP contribution in [0.5, 0.6) is 5.75 Å². The Bertz CT molecular complexity index is 427. The number of hydrogen-bond acceptors (Lipinski definition) is 4. The maximum atomic E-state index is 10.6. The highest BCUT2D eigenvalue weighted by Gasteiger charge is 2.07. The van der Waals surface area contributed by atoms with E-state index in [9.17, 15) is 9.90 Å². The zero-order valence-corrected chi connectivity index (χ0v) is 9.19. The molecule has 0 aliphatic rings. The summed E-state index contributed by atoms with van der Waals surface area (Å²) in [5.41, 5.74) is 3.88.